The molecule has 5 heteroatoms. The third-order valence-corrected chi connectivity index (χ3v) is 2.93. The van der Waals surface area contributed by atoms with Crippen LogP contribution < -0.4 is 5.73 Å². The standard InChI is InChI=1S/C11H11ClF2N2/c1-6(5-15)16-3-2-7-4-8(12)9(13)10(14)11(7)16/h2-4,6H,5,15H2,1H3/t6-/m0/s1. The maximum absolute atomic E-state index is 13.7. The third kappa shape index (κ3) is 1.58. The van der Waals surface area contributed by atoms with Gasteiger partial charge in [0.15, 0.2) is 11.6 Å². The Hall–Kier alpha value is -1.13. The van der Waals surface area contributed by atoms with Gasteiger partial charge in [-0.2, -0.15) is 0 Å². The van der Waals surface area contributed by atoms with Gasteiger partial charge < -0.3 is 10.3 Å². The third-order valence-electron chi connectivity index (χ3n) is 2.65. The number of fused-ring (bicyclic) bond motifs is 1. The number of nitrogens with two attached hydrogens (primary N) is 1. The SMILES string of the molecule is C[C@@H](CN)n1ccc2cc(Cl)c(F)c(F)c21. The maximum atomic E-state index is 13.7. The quantitative estimate of drug-likeness (QED) is 0.809. The zero-order valence-electron chi connectivity index (χ0n) is 8.67. The van der Waals surface area contributed by atoms with Crippen molar-refractivity contribution >= 4 is 22.5 Å². The van der Waals surface area contributed by atoms with Crippen molar-refractivity contribution in [2.75, 3.05) is 6.54 Å². The predicted octanol–water partition coefficient (Wildman–Crippen LogP) is 3.09. The molecule has 0 saturated heterocycles. The van der Waals surface area contributed by atoms with Gasteiger partial charge in [0.1, 0.15) is 0 Å². The maximum Gasteiger partial charge on any atom is 0.184 e. The van der Waals surface area contributed by atoms with Gasteiger partial charge in [-0.3, -0.25) is 0 Å². The lowest BCUT2D eigenvalue weighted by Gasteiger charge is -2.13. The molecule has 0 bridgehead atoms. The second-order valence-corrected chi connectivity index (χ2v) is 4.14. The molecule has 0 spiro atoms. The van der Waals surface area contributed by atoms with E-state index < -0.39 is 11.6 Å². The van der Waals surface area contributed by atoms with Crippen molar-refractivity contribution < 1.29 is 8.78 Å². The minimum atomic E-state index is -1.02. The summed E-state index contributed by atoms with van der Waals surface area (Å²) in [7, 11) is 0. The van der Waals surface area contributed by atoms with Crippen LogP contribution in [0.3, 0.4) is 0 Å². The Bertz CT molecular complexity index is 536. The van der Waals surface area contributed by atoms with Crippen molar-refractivity contribution in [3.8, 4) is 0 Å². The molecule has 0 saturated carbocycles. The molecule has 1 heterocycles. The number of rotatable bonds is 2. The van der Waals surface area contributed by atoms with Crippen LogP contribution >= 0.6 is 11.6 Å². The first-order chi connectivity index (χ1) is 7.56. The highest BCUT2D eigenvalue weighted by Crippen LogP contribution is 2.29. The van der Waals surface area contributed by atoms with E-state index in [2.05, 4.69) is 0 Å². The van der Waals surface area contributed by atoms with E-state index in [9.17, 15) is 8.78 Å². The molecular weight excluding hydrogens is 234 g/mol. The van der Waals surface area contributed by atoms with Crippen molar-refractivity contribution in [1.82, 2.24) is 4.57 Å². The molecule has 0 aliphatic carbocycles. The Morgan fingerprint density at radius 3 is 2.75 bits per heavy atom. The van der Waals surface area contributed by atoms with E-state index in [1.54, 1.807) is 16.8 Å². The van der Waals surface area contributed by atoms with E-state index in [0.717, 1.165) is 0 Å². The van der Waals surface area contributed by atoms with E-state index in [0.29, 0.717) is 11.9 Å². The Morgan fingerprint density at radius 2 is 2.12 bits per heavy atom. The summed E-state index contributed by atoms with van der Waals surface area (Å²) in [4.78, 5) is 0. The van der Waals surface area contributed by atoms with Gasteiger partial charge >= 0.3 is 0 Å². The molecule has 2 N–H and O–H groups in total. The molecule has 1 aromatic heterocycles. The molecule has 0 aliphatic rings. The van der Waals surface area contributed by atoms with Crippen LogP contribution in [0.4, 0.5) is 8.78 Å². The molecule has 1 atom stereocenters. The Morgan fingerprint density at radius 1 is 1.44 bits per heavy atom. The molecule has 2 rings (SSSR count). The van der Waals surface area contributed by atoms with Crippen LogP contribution in [0.1, 0.15) is 13.0 Å². The first kappa shape index (κ1) is 11.4. The van der Waals surface area contributed by atoms with E-state index in [4.69, 9.17) is 17.3 Å². The normalized spacial score (nSPS) is 13.3. The fraction of sp³-hybridized carbons (Fsp3) is 0.273. The summed E-state index contributed by atoms with van der Waals surface area (Å²) in [5.41, 5.74) is 5.72. The Kier molecular flexibility index (Phi) is 2.86. The van der Waals surface area contributed by atoms with Crippen LogP contribution in [0.15, 0.2) is 18.3 Å². The van der Waals surface area contributed by atoms with Gasteiger partial charge in [-0.1, -0.05) is 11.6 Å². The van der Waals surface area contributed by atoms with Crippen LogP contribution in [-0.2, 0) is 0 Å². The molecule has 2 nitrogen and oxygen atoms in total. The van der Waals surface area contributed by atoms with Gasteiger partial charge in [-0.05, 0) is 19.1 Å². The van der Waals surface area contributed by atoms with E-state index >= 15 is 0 Å². The molecular formula is C11H11ClF2N2. The van der Waals surface area contributed by atoms with Crippen LogP contribution in [0.25, 0.3) is 10.9 Å². The summed E-state index contributed by atoms with van der Waals surface area (Å²) in [5.74, 6) is -1.94. The van der Waals surface area contributed by atoms with Gasteiger partial charge in [-0.15, -0.1) is 0 Å². The minimum absolute atomic E-state index is 0.0902. The van der Waals surface area contributed by atoms with Crippen LogP contribution in [0, 0.1) is 11.6 Å². The lowest BCUT2D eigenvalue weighted by atomic mass is 10.2. The number of hydrogen-bond acceptors (Lipinski definition) is 1. The second kappa shape index (κ2) is 4.03. The summed E-state index contributed by atoms with van der Waals surface area (Å²) >= 11 is 5.57. The van der Waals surface area contributed by atoms with Crippen molar-refractivity contribution in [1.29, 1.82) is 0 Å². The van der Waals surface area contributed by atoms with Gasteiger partial charge in [0.05, 0.1) is 10.5 Å². The van der Waals surface area contributed by atoms with Gasteiger partial charge in [0.25, 0.3) is 0 Å². The fourth-order valence-corrected chi connectivity index (χ4v) is 1.91. The fourth-order valence-electron chi connectivity index (χ4n) is 1.71. The van der Waals surface area contributed by atoms with Crippen LogP contribution in [-0.4, -0.2) is 11.1 Å². The zero-order valence-corrected chi connectivity index (χ0v) is 9.43. The van der Waals surface area contributed by atoms with Crippen molar-refractivity contribution in [2.24, 2.45) is 5.73 Å². The average molecular weight is 245 g/mol. The summed E-state index contributed by atoms with van der Waals surface area (Å²) in [6.07, 6.45) is 1.68. The zero-order chi connectivity index (χ0) is 11.9. The van der Waals surface area contributed by atoms with Gasteiger partial charge in [0.2, 0.25) is 0 Å². The predicted molar refractivity (Wildman–Crippen MR) is 60.6 cm³/mol. The molecule has 86 valence electrons. The van der Waals surface area contributed by atoms with Crippen molar-refractivity contribution in [3.63, 3.8) is 0 Å². The molecule has 0 amide bonds. The van der Waals surface area contributed by atoms with Crippen LogP contribution in [0.5, 0.6) is 0 Å². The van der Waals surface area contributed by atoms with Crippen molar-refractivity contribution in [2.45, 2.75) is 13.0 Å². The molecule has 0 unspecified atom stereocenters. The first-order valence-corrected chi connectivity index (χ1v) is 5.28. The second-order valence-electron chi connectivity index (χ2n) is 3.73. The number of benzene rings is 1. The van der Waals surface area contributed by atoms with Gasteiger partial charge in [0, 0.05) is 24.2 Å². The summed E-state index contributed by atoms with van der Waals surface area (Å²) in [6.45, 7) is 2.19. The highest BCUT2D eigenvalue weighted by molar-refractivity contribution is 6.31. The molecule has 0 fully saturated rings. The first-order valence-electron chi connectivity index (χ1n) is 4.90. The lowest BCUT2D eigenvalue weighted by molar-refractivity contribution is 0.503. The highest BCUT2D eigenvalue weighted by atomic mass is 35.5. The number of hydrogen-bond donors (Lipinski definition) is 1. The molecule has 0 aliphatic heterocycles. The lowest BCUT2D eigenvalue weighted by Crippen LogP contribution is -2.15. The average Bonchev–Trinajstić information content (AvgIpc) is 2.68. The molecule has 16 heavy (non-hydrogen) atoms. The number of nitrogens with zero attached hydrogens (tertiary/aromatic N) is 1. The summed E-state index contributed by atoms with van der Waals surface area (Å²) in [6, 6.07) is 3.01. The molecule has 2 aromatic rings. The highest BCUT2D eigenvalue weighted by Gasteiger charge is 2.17. The van der Waals surface area contributed by atoms with E-state index in [1.807, 2.05) is 6.92 Å². The Balaban J connectivity index is 2.76. The Labute approximate surface area is 96.6 Å². The van der Waals surface area contributed by atoms with Crippen molar-refractivity contribution in [3.05, 3.63) is 35.0 Å². The summed E-state index contributed by atoms with van der Waals surface area (Å²) in [5, 5.41) is 0.368. The summed E-state index contributed by atoms with van der Waals surface area (Å²) < 4.78 is 28.7. The topological polar surface area (TPSA) is 30.9 Å². The van der Waals surface area contributed by atoms with Gasteiger partial charge in [-0.25, -0.2) is 8.78 Å². The van der Waals surface area contributed by atoms with E-state index in [-0.39, 0.29) is 16.6 Å². The van der Waals surface area contributed by atoms with E-state index in [1.165, 1.54) is 6.07 Å². The monoisotopic (exact) mass is 244 g/mol. The number of halogens is 3. The number of aromatic nitrogens is 1. The minimum Gasteiger partial charge on any atom is -0.341 e. The smallest absolute Gasteiger partial charge is 0.184 e. The molecule has 0 radical (unpaired) electrons. The largest absolute Gasteiger partial charge is 0.341 e. The molecule has 1 aromatic carbocycles. The van der Waals surface area contributed by atoms with Crippen LogP contribution in [0.2, 0.25) is 5.02 Å².